The van der Waals surface area contributed by atoms with Crippen LogP contribution in [0.4, 0.5) is 0 Å². The summed E-state index contributed by atoms with van der Waals surface area (Å²) in [4.78, 5) is 0. The molecule has 4 rings (SSSR count). The molecule has 1 aromatic rings. The van der Waals surface area contributed by atoms with Crippen LogP contribution < -0.4 is 10.1 Å². The number of nitrogens with one attached hydrogen (secondary N) is 1. The smallest absolute Gasteiger partial charge is 0.123 e. The van der Waals surface area contributed by atoms with E-state index in [4.69, 9.17) is 16.3 Å². The molecule has 1 N–H and O–H groups in total. The maximum Gasteiger partial charge on any atom is 0.123 e. The van der Waals surface area contributed by atoms with Gasteiger partial charge in [-0.25, -0.2) is 0 Å². The van der Waals surface area contributed by atoms with Gasteiger partial charge < -0.3 is 10.1 Å². The molecule has 2 saturated carbocycles. The molecule has 2 bridgehead atoms. The highest BCUT2D eigenvalue weighted by Crippen LogP contribution is 2.49. The molecule has 0 amide bonds. The first-order valence-corrected chi connectivity index (χ1v) is 8.75. The molecule has 0 saturated heterocycles. The highest BCUT2D eigenvalue weighted by molar-refractivity contribution is 6.30. The Hall–Kier alpha value is -0.730. The van der Waals surface area contributed by atoms with Crippen molar-refractivity contribution in [3.63, 3.8) is 0 Å². The normalized spacial score (nSPS) is 34.8. The summed E-state index contributed by atoms with van der Waals surface area (Å²) in [5.41, 5.74) is 1.25. The number of halogens is 1. The molecule has 2 aliphatic carbocycles. The third-order valence-corrected chi connectivity index (χ3v) is 6.10. The third-order valence-electron chi connectivity index (χ3n) is 5.87. The average molecular weight is 306 g/mol. The van der Waals surface area contributed by atoms with Gasteiger partial charge >= 0.3 is 0 Å². The van der Waals surface area contributed by atoms with Gasteiger partial charge in [-0.05, 0) is 67.7 Å². The Balaban J connectivity index is 1.30. The Morgan fingerprint density at radius 3 is 3.00 bits per heavy atom. The summed E-state index contributed by atoms with van der Waals surface area (Å²) >= 11 is 6.05. The fourth-order valence-electron chi connectivity index (χ4n) is 4.78. The van der Waals surface area contributed by atoms with Crippen molar-refractivity contribution >= 4 is 11.6 Å². The second-order valence-corrected chi connectivity index (χ2v) is 7.67. The number of hydrogen-bond donors (Lipinski definition) is 1. The Morgan fingerprint density at radius 1 is 1.33 bits per heavy atom. The van der Waals surface area contributed by atoms with Crippen LogP contribution in [0, 0.1) is 17.8 Å². The zero-order chi connectivity index (χ0) is 14.4. The molecule has 0 radical (unpaired) electrons. The van der Waals surface area contributed by atoms with Crippen LogP contribution in [0.3, 0.4) is 0 Å². The van der Waals surface area contributed by atoms with E-state index in [1.54, 1.807) is 0 Å². The zero-order valence-electron chi connectivity index (χ0n) is 12.6. The van der Waals surface area contributed by atoms with Crippen LogP contribution in [0.25, 0.3) is 0 Å². The Morgan fingerprint density at radius 2 is 2.24 bits per heavy atom. The molecule has 5 atom stereocenters. The second-order valence-electron chi connectivity index (χ2n) is 7.23. The van der Waals surface area contributed by atoms with Gasteiger partial charge in [0.25, 0.3) is 0 Å². The highest BCUT2D eigenvalue weighted by atomic mass is 35.5. The summed E-state index contributed by atoms with van der Waals surface area (Å²) in [6.07, 6.45) is 7.12. The maximum absolute atomic E-state index is 6.05. The molecular formula is C18H24ClNO. The van der Waals surface area contributed by atoms with E-state index in [9.17, 15) is 0 Å². The van der Waals surface area contributed by atoms with E-state index < -0.39 is 0 Å². The highest BCUT2D eigenvalue weighted by Gasteiger charge is 2.41. The Kier molecular flexibility index (Phi) is 3.63. The van der Waals surface area contributed by atoms with Crippen molar-refractivity contribution in [2.75, 3.05) is 6.54 Å². The Bertz CT molecular complexity index is 532. The number of benzene rings is 1. The molecule has 3 aliphatic rings. The van der Waals surface area contributed by atoms with E-state index in [0.29, 0.717) is 6.04 Å². The van der Waals surface area contributed by atoms with Gasteiger partial charge in [0.2, 0.25) is 0 Å². The number of fused-ring (bicyclic) bond motifs is 3. The molecule has 2 nitrogen and oxygen atoms in total. The van der Waals surface area contributed by atoms with Crippen molar-refractivity contribution in [1.29, 1.82) is 0 Å². The summed E-state index contributed by atoms with van der Waals surface area (Å²) in [7, 11) is 0. The molecule has 21 heavy (non-hydrogen) atoms. The van der Waals surface area contributed by atoms with Gasteiger partial charge in [0.05, 0.1) is 0 Å². The van der Waals surface area contributed by atoms with Crippen molar-refractivity contribution in [1.82, 2.24) is 5.32 Å². The van der Waals surface area contributed by atoms with Crippen molar-refractivity contribution in [3.8, 4) is 5.75 Å². The minimum atomic E-state index is 0.263. The van der Waals surface area contributed by atoms with E-state index in [-0.39, 0.29) is 6.10 Å². The van der Waals surface area contributed by atoms with Gasteiger partial charge in [-0.2, -0.15) is 0 Å². The van der Waals surface area contributed by atoms with E-state index >= 15 is 0 Å². The number of ether oxygens (including phenoxy) is 1. The molecule has 2 fully saturated rings. The van der Waals surface area contributed by atoms with Gasteiger partial charge in [-0.3, -0.25) is 0 Å². The lowest BCUT2D eigenvalue weighted by molar-refractivity contribution is 0.199. The van der Waals surface area contributed by atoms with Crippen LogP contribution in [0.5, 0.6) is 5.75 Å². The van der Waals surface area contributed by atoms with Crippen LogP contribution in [0.2, 0.25) is 5.02 Å². The van der Waals surface area contributed by atoms with Crippen molar-refractivity contribution in [3.05, 3.63) is 28.8 Å². The quantitative estimate of drug-likeness (QED) is 0.906. The lowest BCUT2D eigenvalue weighted by Gasteiger charge is -2.29. The molecule has 0 aromatic heterocycles. The fraction of sp³-hybridized carbons (Fsp3) is 0.667. The van der Waals surface area contributed by atoms with E-state index in [2.05, 4.69) is 12.2 Å². The molecule has 5 unspecified atom stereocenters. The van der Waals surface area contributed by atoms with Gasteiger partial charge in [0, 0.05) is 24.0 Å². The van der Waals surface area contributed by atoms with Gasteiger partial charge in [-0.1, -0.05) is 18.0 Å². The SMILES string of the molecule is CC(NCC1Cc2cc(Cl)ccc2O1)C1CC2CCC1C2. The van der Waals surface area contributed by atoms with Crippen molar-refractivity contribution in [2.24, 2.45) is 17.8 Å². The average Bonchev–Trinajstić information content (AvgIpc) is 3.18. The Labute approximate surface area is 132 Å². The van der Waals surface area contributed by atoms with Gasteiger partial charge in [0.15, 0.2) is 0 Å². The summed E-state index contributed by atoms with van der Waals surface area (Å²) in [5, 5.41) is 4.55. The van der Waals surface area contributed by atoms with Crippen LogP contribution >= 0.6 is 11.6 Å². The first-order valence-electron chi connectivity index (χ1n) is 8.37. The van der Waals surface area contributed by atoms with E-state index in [0.717, 1.165) is 41.5 Å². The minimum absolute atomic E-state index is 0.263. The second kappa shape index (κ2) is 5.48. The maximum atomic E-state index is 6.05. The first-order chi connectivity index (χ1) is 10.2. The predicted octanol–water partition coefficient (Wildman–Crippen LogP) is 4.06. The molecule has 1 heterocycles. The summed E-state index contributed by atoms with van der Waals surface area (Å²) < 4.78 is 6.02. The van der Waals surface area contributed by atoms with Crippen LogP contribution in [0.1, 0.15) is 38.2 Å². The largest absolute Gasteiger partial charge is 0.488 e. The van der Waals surface area contributed by atoms with Gasteiger partial charge in [0.1, 0.15) is 11.9 Å². The monoisotopic (exact) mass is 305 g/mol. The van der Waals surface area contributed by atoms with E-state index in [1.807, 2.05) is 18.2 Å². The molecule has 114 valence electrons. The van der Waals surface area contributed by atoms with Crippen LogP contribution in [-0.4, -0.2) is 18.7 Å². The third kappa shape index (κ3) is 2.68. The van der Waals surface area contributed by atoms with Crippen LogP contribution in [0.15, 0.2) is 18.2 Å². The molecule has 3 heteroatoms. The van der Waals surface area contributed by atoms with Gasteiger partial charge in [-0.15, -0.1) is 0 Å². The fourth-order valence-corrected chi connectivity index (χ4v) is 4.97. The topological polar surface area (TPSA) is 21.3 Å². The molecular weight excluding hydrogens is 282 g/mol. The number of hydrogen-bond acceptors (Lipinski definition) is 2. The standard InChI is InChI=1S/C18H24ClNO/c1-11(17-7-12-2-3-13(17)6-12)20-10-16-9-14-8-15(19)4-5-18(14)21-16/h4-5,8,11-13,16-17,20H,2-3,6-7,9-10H2,1H3. The predicted molar refractivity (Wildman–Crippen MR) is 86.0 cm³/mol. The molecule has 1 aromatic carbocycles. The lowest BCUT2D eigenvalue weighted by atomic mass is 9.84. The molecule has 0 spiro atoms. The lowest BCUT2D eigenvalue weighted by Crippen LogP contribution is -2.41. The van der Waals surface area contributed by atoms with Crippen molar-refractivity contribution in [2.45, 2.75) is 51.2 Å². The molecule has 1 aliphatic heterocycles. The summed E-state index contributed by atoms with van der Waals surface area (Å²) in [6.45, 7) is 3.31. The first kappa shape index (κ1) is 13.9. The van der Waals surface area contributed by atoms with E-state index in [1.165, 1.54) is 31.2 Å². The number of rotatable bonds is 4. The zero-order valence-corrected chi connectivity index (χ0v) is 13.4. The van der Waals surface area contributed by atoms with Crippen molar-refractivity contribution < 1.29 is 4.74 Å². The summed E-state index contributed by atoms with van der Waals surface area (Å²) in [6, 6.07) is 6.57. The minimum Gasteiger partial charge on any atom is -0.488 e. The summed E-state index contributed by atoms with van der Waals surface area (Å²) in [5.74, 6) is 3.91. The van der Waals surface area contributed by atoms with Crippen LogP contribution in [-0.2, 0) is 6.42 Å².